The lowest BCUT2D eigenvalue weighted by molar-refractivity contribution is 0.0509. The molecular weight excluding hydrogens is 527 g/mol. The number of rotatable bonds is 9. The largest absolute Gasteiger partial charge is 0.461 e. The van der Waals surface area contributed by atoms with Crippen molar-refractivity contribution in [2.45, 2.75) is 51.7 Å². The number of hydrogen-bond donors (Lipinski definition) is 1. The monoisotopic (exact) mass is 558 g/mol. The molecule has 1 N–H and O–H groups in total. The second-order valence-corrected chi connectivity index (χ2v) is 11.7. The van der Waals surface area contributed by atoms with Gasteiger partial charge in [0.1, 0.15) is 16.3 Å². The predicted molar refractivity (Wildman–Crippen MR) is 138 cm³/mol. The third-order valence-electron chi connectivity index (χ3n) is 4.84. The molecule has 10 nitrogen and oxygen atoms in total. The fourth-order valence-electron chi connectivity index (χ4n) is 3.27. The molecule has 0 fully saturated rings. The van der Waals surface area contributed by atoms with Crippen LogP contribution in [0.5, 0.6) is 0 Å². The average molecular weight is 559 g/mol. The first-order valence-corrected chi connectivity index (χ1v) is 13.2. The number of alkyl carbamates (subject to hydrolysis) is 1. The van der Waals surface area contributed by atoms with Crippen LogP contribution in [0.25, 0.3) is 11.1 Å². The molecule has 0 radical (unpaired) electrons. The molecule has 0 aliphatic carbocycles. The third kappa shape index (κ3) is 7.76. The van der Waals surface area contributed by atoms with Crippen LogP contribution in [-0.4, -0.2) is 67.4 Å². The summed E-state index contributed by atoms with van der Waals surface area (Å²) in [7, 11) is -1.14. The second-order valence-electron chi connectivity index (χ2n) is 9.15. The standard InChI is InChI=1S/C24H32ClFN4O6S/c1-8-35-22(31)21-20(16-9-10-18(25)19(13-16)37(33,34)29(6)7)15(2)28-30(21)14-17(26)11-12-27-23(32)36-24(3,4)5/h9-11,13H,8,12,14H2,1-7H3,(H,27,32)/b17-11-. The van der Waals surface area contributed by atoms with E-state index < -0.39 is 40.1 Å². The quantitative estimate of drug-likeness (QED) is 0.455. The SMILES string of the molecule is CCOC(=O)c1c(-c2ccc(Cl)c(S(=O)(=O)N(C)C)c2)c(C)nn1C/C(F)=C/CNC(=O)OC(C)(C)C. The number of esters is 1. The van der Waals surface area contributed by atoms with Crippen molar-refractivity contribution in [3.05, 3.63) is 46.5 Å². The summed E-state index contributed by atoms with van der Waals surface area (Å²) in [6, 6.07) is 4.29. The van der Waals surface area contributed by atoms with Crippen molar-refractivity contribution in [3.63, 3.8) is 0 Å². The fourth-order valence-corrected chi connectivity index (χ4v) is 4.66. The number of hydrogen-bond acceptors (Lipinski definition) is 7. The first-order valence-electron chi connectivity index (χ1n) is 11.4. The van der Waals surface area contributed by atoms with E-state index in [1.54, 1.807) is 40.7 Å². The molecule has 13 heteroatoms. The maximum atomic E-state index is 14.8. The number of aromatic nitrogens is 2. The highest BCUT2D eigenvalue weighted by atomic mass is 35.5. The Bertz CT molecular complexity index is 1300. The van der Waals surface area contributed by atoms with Crippen LogP contribution >= 0.6 is 11.6 Å². The molecule has 0 aliphatic rings. The van der Waals surface area contributed by atoms with Gasteiger partial charge in [0.2, 0.25) is 10.0 Å². The van der Waals surface area contributed by atoms with Crippen molar-refractivity contribution < 1.29 is 31.9 Å². The van der Waals surface area contributed by atoms with E-state index in [2.05, 4.69) is 10.4 Å². The molecule has 2 aromatic rings. The Morgan fingerprint density at radius 1 is 1.27 bits per heavy atom. The van der Waals surface area contributed by atoms with E-state index in [9.17, 15) is 22.4 Å². The summed E-state index contributed by atoms with van der Waals surface area (Å²) >= 11 is 6.17. The highest BCUT2D eigenvalue weighted by molar-refractivity contribution is 7.89. The van der Waals surface area contributed by atoms with Crippen molar-refractivity contribution in [2.75, 3.05) is 27.2 Å². The molecule has 0 atom stereocenters. The van der Waals surface area contributed by atoms with Gasteiger partial charge in [-0.05, 0) is 58.4 Å². The Morgan fingerprint density at radius 2 is 1.92 bits per heavy atom. The zero-order valence-electron chi connectivity index (χ0n) is 21.9. The van der Waals surface area contributed by atoms with E-state index in [0.717, 1.165) is 15.1 Å². The maximum Gasteiger partial charge on any atom is 0.407 e. The van der Waals surface area contributed by atoms with Gasteiger partial charge in [-0.25, -0.2) is 26.7 Å². The zero-order valence-corrected chi connectivity index (χ0v) is 23.5. The number of amides is 1. The summed E-state index contributed by atoms with van der Waals surface area (Å²) in [6.07, 6.45) is 0.423. The highest BCUT2D eigenvalue weighted by Crippen LogP contribution is 2.34. The summed E-state index contributed by atoms with van der Waals surface area (Å²) < 4.78 is 52.7. The summed E-state index contributed by atoms with van der Waals surface area (Å²) in [5.74, 6) is -1.44. The lowest BCUT2D eigenvalue weighted by atomic mass is 10.0. The number of carbonyl (C=O) groups is 2. The summed E-state index contributed by atoms with van der Waals surface area (Å²) in [5, 5.41) is 6.73. The van der Waals surface area contributed by atoms with Gasteiger partial charge in [0.05, 0.1) is 23.9 Å². The third-order valence-corrected chi connectivity index (χ3v) is 7.14. The van der Waals surface area contributed by atoms with Crippen LogP contribution in [0.15, 0.2) is 35.0 Å². The van der Waals surface area contributed by atoms with Crippen LogP contribution in [0.3, 0.4) is 0 Å². The van der Waals surface area contributed by atoms with Crippen molar-refractivity contribution in [1.82, 2.24) is 19.4 Å². The van der Waals surface area contributed by atoms with Gasteiger partial charge in [-0.3, -0.25) is 4.68 Å². The molecule has 204 valence electrons. The number of aryl methyl sites for hydroxylation is 1. The first-order chi connectivity index (χ1) is 17.1. The Hall–Kier alpha value is -2.96. The van der Waals surface area contributed by atoms with Gasteiger partial charge in [0, 0.05) is 26.2 Å². The van der Waals surface area contributed by atoms with Crippen molar-refractivity contribution in [3.8, 4) is 11.1 Å². The van der Waals surface area contributed by atoms with Crippen LogP contribution in [0.2, 0.25) is 5.02 Å². The van der Waals surface area contributed by atoms with Crippen molar-refractivity contribution in [2.24, 2.45) is 0 Å². The second kappa shape index (κ2) is 12.1. The van der Waals surface area contributed by atoms with Gasteiger partial charge in [0.15, 0.2) is 5.69 Å². The number of carbonyl (C=O) groups excluding carboxylic acids is 2. The molecule has 1 heterocycles. The molecule has 2 rings (SSSR count). The number of nitrogens with zero attached hydrogens (tertiary/aromatic N) is 3. The number of nitrogens with one attached hydrogen (secondary N) is 1. The van der Waals surface area contributed by atoms with Gasteiger partial charge < -0.3 is 14.8 Å². The van der Waals surface area contributed by atoms with Crippen molar-refractivity contribution >= 4 is 33.7 Å². The van der Waals surface area contributed by atoms with Crippen LogP contribution in [-0.2, 0) is 26.0 Å². The zero-order chi connectivity index (χ0) is 28.1. The van der Waals surface area contributed by atoms with E-state index in [0.29, 0.717) is 11.3 Å². The molecule has 1 amide bonds. The number of allylic oxidation sites excluding steroid dienone is 1. The van der Waals surface area contributed by atoms with Crippen LogP contribution in [0.4, 0.5) is 9.18 Å². The molecule has 37 heavy (non-hydrogen) atoms. The summed E-state index contributed by atoms with van der Waals surface area (Å²) in [5.41, 5.74) is 0.214. The molecule has 0 aliphatic heterocycles. The van der Waals surface area contributed by atoms with E-state index in [1.165, 1.54) is 26.2 Å². The van der Waals surface area contributed by atoms with Crippen LogP contribution < -0.4 is 5.32 Å². The van der Waals surface area contributed by atoms with Crippen molar-refractivity contribution in [1.29, 1.82) is 0 Å². The molecule has 0 spiro atoms. The van der Waals surface area contributed by atoms with Gasteiger partial charge in [-0.15, -0.1) is 0 Å². The minimum absolute atomic E-state index is 0.00615. The summed E-state index contributed by atoms with van der Waals surface area (Å²) in [4.78, 5) is 24.5. The van der Waals surface area contributed by atoms with E-state index in [-0.39, 0.29) is 34.3 Å². The molecule has 1 aromatic heterocycles. The molecular formula is C24H32ClFN4O6S. The van der Waals surface area contributed by atoms with Gasteiger partial charge in [-0.2, -0.15) is 5.10 Å². The Balaban J connectivity index is 2.47. The topological polar surface area (TPSA) is 120 Å². The maximum absolute atomic E-state index is 14.8. The molecule has 0 saturated heterocycles. The molecule has 1 aromatic carbocycles. The van der Waals surface area contributed by atoms with E-state index in [4.69, 9.17) is 21.1 Å². The number of ether oxygens (including phenoxy) is 2. The predicted octanol–water partition coefficient (Wildman–Crippen LogP) is 4.32. The fraction of sp³-hybridized carbons (Fsp3) is 0.458. The number of sulfonamides is 1. The van der Waals surface area contributed by atoms with Crippen LogP contribution in [0, 0.1) is 6.92 Å². The van der Waals surface area contributed by atoms with Gasteiger partial charge in [-0.1, -0.05) is 17.7 Å². The highest BCUT2D eigenvalue weighted by Gasteiger charge is 2.27. The van der Waals surface area contributed by atoms with Gasteiger partial charge in [0.25, 0.3) is 0 Å². The Kier molecular flexibility index (Phi) is 9.86. The Labute approximate surface area is 221 Å². The smallest absolute Gasteiger partial charge is 0.407 e. The molecule has 0 saturated carbocycles. The molecule has 0 unspecified atom stereocenters. The number of halogens is 2. The number of benzene rings is 1. The molecule has 0 bridgehead atoms. The summed E-state index contributed by atoms with van der Waals surface area (Å²) in [6.45, 7) is 7.83. The minimum atomic E-state index is -3.89. The lowest BCUT2D eigenvalue weighted by Crippen LogP contribution is -2.32. The van der Waals surface area contributed by atoms with E-state index >= 15 is 0 Å². The Morgan fingerprint density at radius 3 is 2.49 bits per heavy atom. The first kappa shape index (κ1) is 30.3. The minimum Gasteiger partial charge on any atom is -0.461 e. The van der Waals surface area contributed by atoms with E-state index in [1.807, 2.05) is 0 Å². The lowest BCUT2D eigenvalue weighted by Gasteiger charge is -2.19. The van der Waals surface area contributed by atoms with Gasteiger partial charge >= 0.3 is 12.1 Å². The average Bonchev–Trinajstić information content (AvgIpc) is 3.08. The normalized spacial score (nSPS) is 12.5. The van der Waals surface area contributed by atoms with Crippen LogP contribution in [0.1, 0.15) is 43.9 Å².